The molecular weight excluding hydrogens is 218 g/mol. The molecule has 15 heavy (non-hydrogen) atoms. The van der Waals surface area contributed by atoms with Gasteiger partial charge in [-0.1, -0.05) is 11.6 Å². The standard InChI is InChI=1S/C10H14ClNO3/c1-6-5-8(14-2)10(13)7(9(6)11)3-4-15-12/h5,13H,3-4,12H2,1-2H3. The zero-order valence-corrected chi connectivity index (χ0v) is 9.47. The van der Waals surface area contributed by atoms with Crippen molar-refractivity contribution in [3.8, 4) is 11.5 Å². The third kappa shape index (κ3) is 2.53. The van der Waals surface area contributed by atoms with Gasteiger partial charge < -0.3 is 14.7 Å². The van der Waals surface area contributed by atoms with Crippen LogP contribution in [0.25, 0.3) is 0 Å². The highest BCUT2D eigenvalue weighted by Gasteiger charge is 2.14. The minimum absolute atomic E-state index is 0.0464. The van der Waals surface area contributed by atoms with Gasteiger partial charge in [-0.2, -0.15) is 0 Å². The Balaban J connectivity index is 3.15. The zero-order valence-electron chi connectivity index (χ0n) is 8.71. The summed E-state index contributed by atoms with van der Waals surface area (Å²) in [6.45, 7) is 2.14. The van der Waals surface area contributed by atoms with Gasteiger partial charge in [0.25, 0.3) is 0 Å². The first-order valence-corrected chi connectivity index (χ1v) is 4.86. The van der Waals surface area contributed by atoms with Gasteiger partial charge in [0, 0.05) is 12.0 Å². The lowest BCUT2D eigenvalue weighted by molar-refractivity contribution is 0.140. The van der Waals surface area contributed by atoms with E-state index in [0.717, 1.165) is 5.56 Å². The van der Waals surface area contributed by atoms with Crippen LogP contribution in [0.3, 0.4) is 0 Å². The van der Waals surface area contributed by atoms with Crippen LogP contribution in [0.5, 0.6) is 11.5 Å². The fourth-order valence-corrected chi connectivity index (χ4v) is 1.60. The molecule has 0 aliphatic heterocycles. The Morgan fingerprint density at radius 3 is 2.73 bits per heavy atom. The number of aryl methyl sites for hydroxylation is 1. The van der Waals surface area contributed by atoms with Crippen LogP contribution in [0.4, 0.5) is 0 Å². The van der Waals surface area contributed by atoms with E-state index in [9.17, 15) is 5.11 Å². The second kappa shape index (κ2) is 5.21. The Bertz CT molecular complexity index is 355. The lowest BCUT2D eigenvalue weighted by Gasteiger charge is -2.12. The average Bonchev–Trinajstić information content (AvgIpc) is 2.23. The highest BCUT2D eigenvalue weighted by atomic mass is 35.5. The summed E-state index contributed by atoms with van der Waals surface area (Å²) in [6.07, 6.45) is 0.444. The van der Waals surface area contributed by atoms with Gasteiger partial charge in [0.15, 0.2) is 11.5 Å². The van der Waals surface area contributed by atoms with Crippen LogP contribution >= 0.6 is 11.6 Å². The van der Waals surface area contributed by atoms with Crippen LogP contribution in [-0.2, 0) is 11.3 Å². The molecule has 1 aromatic rings. The lowest BCUT2D eigenvalue weighted by Crippen LogP contribution is -2.05. The smallest absolute Gasteiger partial charge is 0.162 e. The Morgan fingerprint density at radius 2 is 2.20 bits per heavy atom. The summed E-state index contributed by atoms with van der Waals surface area (Å²) in [4.78, 5) is 4.46. The maximum Gasteiger partial charge on any atom is 0.162 e. The molecule has 0 saturated heterocycles. The molecule has 0 radical (unpaired) electrons. The highest BCUT2D eigenvalue weighted by Crippen LogP contribution is 2.37. The van der Waals surface area contributed by atoms with Gasteiger partial charge in [-0.15, -0.1) is 0 Å². The molecule has 1 aromatic carbocycles. The van der Waals surface area contributed by atoms with Gasteiger partial charge in [0.05, 0.1) is 18.7 Å². The van der Waals surface area contributed by atoms with Crippen LogP contribution in [0.15, 0.2) is 6.07 Å². The normalized spacial score (nSPS) is 10.4. The maximum atomic E-state index is 9.81. The Hall–Kier alpha value is -0.970. The van der Waals surface area contributed by atoms with Crippen molar-refractivity contribution in [1.29, 1.82) is 0 Å². The molecular formula is C10H14ClNO3. The molecule has 84 valence electrons. The van der Waals surface area contributed by atoms with E-state index in [0.29, 0.717) is 29.4 Å². The average molecular weight is 232 g/mol. The van der Waals surface area contributed by atoms with Gasteiger partial charge in [-0.25, -0.2) is 5.90 Å². The molecule has 5 heteroatoms. The third-order valence-electron chi connectivity index (χ3n) is 2.17. The second-order valence-corrected chi connectivity index (χ2v) is 3.54. The number of nitrogens with two attached hydrogens (primary N) is 1. The van der Waals surface area contributed by atoms with E-state index >= 15 is 0 Å². The molecule has 0 unspecified atom stereocenters. The van der Waals surface area contributed by atoms with Crippen molar-refractivity contribution < 1.29 is 14.7 Å². The second-order valence-electron chi connectivity index (χ2n) is 3.16. The molecule has 0 aliphatic rings. The van der Waals surface area contributed by atoms with Gasteiger partial charge in [0.1, 0.15) is 0 Å². The zero-order chi connectivity index (χ0) is 11.4. The Labute approximate surface area is 93.5 Å². The van der Waals surface area contributed by atoms with Gasteiger partial charge in [0.2, 0.25) is 0 Å². The van der Waals surface area contributed by atoms with E-state index in [2.05, 4.69) is 4.84 Å². The number of rotatable bonds is 4. The predicted octanol–water partition coefficient (Wildman–Crippen LogP) is 1.80. The summed E-state index contributed by atoms with van der Waals surface area (Å²) in [5.74, 6) is 5.38. The van der Waals surface area contributed by atoms with Gasteiger partial charge in [-0.05, 0) is 18.6 Å². The van der Waals surface area contributed by atoms with Gasteiger partial charge in [-0.3, -0.25) is 0 Å². The van der Waals surface area contributed by atoms with E-state index in [1.54, 1.807) is 6.07 Å². The SMILES string of the molecule is COc1cc(C)c(Cl)c(CCON)c1O. The summed E-state index contributed by atoms with van der Waals surface area (Å²) in [6, 6.07) is 1.68. The number of aromatic hydroxyl groups is 1. The molecule has 0 aromatic heterocycles. The molecule has 0 saturated carbocycles. The minimum atomic E-state index is 0.0464. The number of hydrogen-bond donors (Lipinski definition) is 2. The molecule has 3 N–H and O–H groups in total. The first-order chi connectivity index (χ1) is 7.11. The summed E-state index contributed by atoms with van der Waals surface area (Å²) in [5, 5.41) is 10.3. The van der Waals surface area contributed by atoms with Crippen LogP contribution in [-0.4, -0.2) is 18.8 Å². The third-order valence-corrected chi connectivity index (χ3v) is 2.69. The monoisotopic (exact) mass is 231 g/mol. The lowest BCUT2D eigenvalue weighted by atomic mass is 10.1. The van der Waals surface area contributed by atoms with Gasteiger partial charge >= 0.3 is 0 Å². The van der Waals surface area contributed by atoms with Crippen molar-refractivity contribution in [2.24, 2.45) is 5.90 Å². The summed E-state index contributed by atoms with van der Waals surface area (Å²) in [5.41, 5.74) is 1.44. The molecule has 0 heterocycles. The topological polar surface area (TPSA) is 64.7 Å². The van der Waals surface area contributed by atoms with Crippen LogP contribution < -0.4 is 10.6 Å². The molecule has 0 bridgehead atoms. The first kappa shape index (κ1) is 12.1. The minimum Gasteiger partial charge on any atom is -0.504 e. The number of phenolic OH excluding ortho intramolecular Hbond substituents is 1. The molecule has 0 aliphatic carbocycles. The summed E-state index contributed by atoms with van der Waals surface area (Å²) < 4.78 is 5.02. The molecule has 0 amide bonds. The molecule has 0 atom stereocenters. The van der Waals surface area contributed by atoms with Crippen LogP contribution in [0.2, 0.25) is 5.02 Å². The van der Waals surface area contributed by atoms with E-state index in [4.69, 9.17) is 22.2 Å². The maximum absolute atomic E-state index is 9.81. The van der Waals surface area contributed by atoms with E-state index in [1.165, 1.54) is 7.11 Å². The Morgan fingerprint density at radius 1 is 1.53 bits per heavy atom. The van der Waals surface area contributed by atoms with E-state index in [-0.39, 0.29) is 5.75 Å². The molecule has 0 fully saturated rings. The van der Waals surface area contributed by atoms with Crippen molar-refractivity contribution in [3.05, 3.63) is 22.2 Å². The van der Waals surface area contributed by atoms with Crippen molar-refractivity contribution in [1.82, 2.24) is 0 Å². The quantitative estimate of drug-likeness (QED) is 0.776. The van der Waals surface area contributed by atoms with Crippen molar-refractivity contribution in [2.45, 2.75) is 13.3 Å². The van der Waals surface area contributed by atoms with E-state index in [1.807, 2.05) is 6.92 Å². The molecule has 0 spiro atoms. The van der Waals surface area contributed by atoms with Crippen molar-refractivity contribution >= 4 is 11.6 Å². The van der Waals surface area contributed by atoms with Crippen molar-refractivity contribution in [3.63, 3.8) is 0 Å². The van der Waals surface area contributed by atoms with Crippen molar-refractivity contribution in [2.75, 3.05) is 13.7 Å². The largest absolute Gasteiger partial charge is 0.504 e. The Kier molecular flexibility index (Phi) is 4.20. The number of phenols is 1. The highest BCUT2D eigenvalue weighted by molar-refractivity contribution is 6.32. The summed E-state index contributed by atoms with van der Waals surface area (Å²) >= 11 is 6.05. The fourth-order valence-electron chi connectivity index (χ4n) is 1.36. The number of methoxy groups -OCH3 is 1. The first-order valence-electron chi connectivity index (χ1n) is 4.48. The number of hydrogen-bond acceptors (Lipinski definition) is 4. The van der Waals surface area contributed by atoms with E-state index < -0.39 is 0 Å². The van der Waals surface area contributed by atoms with Crippen LogP contribution in [0, 0.1) is 6.92 Å². The number of halogens is 1. The fraction of sp³-hybridized carbons (Fsp3) is 0.400. The number of benzene rings is 1. The molecule has 4 nitrogen and oxygen atoms in total. The number of ether oxygens (including phenoxy) is 1. The summed E-state index contributed by atoms with van der Waals surface area (Å²) in [7, 11) is 1.49. The predicted molar refractivity (Wildman–Crippen MR) is 58.2 cm³/mol. The van der Waals surface area contributed by atoms with Crippen LogP contribution in [0.1, 0.15) is 11.1 Å². The molecule has 1 rings (SSSR count).